The van der Waals surface area contributed by atoms with E-state index in [4.69, 9.17) is 5.73 Å². The summed E-state index contributed by atoms with van der Waals surface area (Å²) >= 11 is 0. The first-order valence-electron chi connectivity index (χ1n) is 3.98. The first-order valence-corrected chi connectivity index (χ1v) is 3.98. The van der Waals surface area contributed by atoms with Crippen molar-refractivity contribution >= 4 is 12.1 Å². The number of amides is 1. The second-order valence-electron chi connectivity index (χ2n) is 2.79. The predicted molar refractivity (Wildman–Crippen MR) is 53.2 cm³/mol. The van der Waals surface area contributed by atoms with Crippen molar-refractivity contribution in [1.29, 1.82) is 0 Å². The monoisotopic (exact) mass is 176 g/mol. The minimum absolute atomic E-state index is 0.418. The van der Waals surface area contributed by atoms with Crippen LogP contribution in [0, 0.1) is 6.92 Å². The first-order chi connectivity index (χ1) is 6.16. The molecule has 13 heavy (non-hydrogen) atoms. The molecule has 1 rings (SSSR count). The molecule has 0 unspecified atom stereocenters. The highest BCUT2D eigenvalue weighted by Crippen LogP contribution is 2.11. The molecule has 3 heteroatoms. The zero-order valence-electron chi connectivity index (χ0n) is 7.74. The first kappa shape index (κ1) is 9.45. The number of aryl methyl sites for hydroxylation is 1. The van der Waals surface area contributed by atoms with Crippen molar-refractivity contribution in [3.8, 4) is 0 Å². The number of primary amides is 1. The van der Waals surface area contributed by atoms with E-state index in [1.54, 1.807) is 19.3 Å². The van der Waals surface area contributed by atoms with E-state index < -0.39 is 5.91 Å². The Morgan fingerprint density at radius 2 is 2.23 bits per heavy atom. The molecule has 0 fully saturated rings. The highest BCUT2D eigenvalue weighted by atomic mass is 16.1. The van der Waals surface area contributed by atoms with Crippen LogP contribution in [0.3, 0.4) is 0 Å². The van der Waals surface area contributed by atoms with Crippen LogP contribution in [0.5, 0.6) is 0 Å². The third-order valence-corrected chi connectivity index (χ3v) is 1.85. The minimum atomic E-state index is -0.418. The predicted octanol–water partition coefficient (Wildman–Crippen LogP) is 1.14. The lowest BCUT2D eigenvalue weighted by Crippen LogP contribution is -2.14. The third-order valence-electron chi connectivity index (χ3n) is 1.85. The Labute approximate surface area is 77.3 Å². The fourth-order valence-electron chi connectivity index (χ4n) is 1.20. The molecule has 1 amide bonds. The number of nitrogens with two attached hydrogens (primary N) is 1. The normalized spacial score (nSPS) is 10.6. The molecule has 1 aromatic carbocycles. The number of benzene rings is 1. The molecule has 1 aromatic rings. The molecule has 3 nitrogen and oxygen atoms in total. The number of aliphatic imine (C=N–C) groups is 1. The Hall–Kier alpha value is -1.64. The van der Waals surface area contributed by atoms with Gasteiger partial charge in [-0.15, -0.1) is 0 Å². The highest BCUT2D eigenvalue weighted by Gasteiger charge is 2.07. The second-order valence-corrected chi connectivity index (χ2v) is 2.79. The van der Waals surface area contributed by atoms with Gasteiger partial charge in [-0.3, -0.25) is 9.79 Å². The average Bonchev–Trinajstić information content (AvgIpc) is 2.08. The molecule has 68 valence electrons. The lowest BCUT2D eigenvalue weighted by molar-refractivity contribution is 0.1000. The molecular weight excluding hydrogens is 164 g/mol. The fraction of sp³-hybridized carbons (Fsp3) is 0.200. The summed E-state index contributed by atoms with van der Waals surface area (Å²) < 4.78 is 0. The van der Waals surface area contributed by atoms with Crippen molar-refractivity contribution in [2.75, 3.05) is 7.05 Å². The Morgan fingerprint density at radius 3 is 2.77 bits per heavy atom. The van der Waals surface area contributed by atoms with E-state index in [9.17, 15) is 4.79 Å². The fourth-order valence-corrected chi connectivity index (χ4v) is 1.20. The van der Waals surface area contributed by atoms with Crippen molar-refractivity contribution in [1.82, 2.24) is 0 Å². The van der Waals surface area contributed by atoms with Gasteiger partial charge in [0.05, 0.1) is 0 Å². The van der Waals surface area contributed by atoms with Gasteiger partial charge in [0.2, 0.25) is 5.91 Å². The second kappa shape index (κ2) is 3.85. The number of hydrogen-bond donors (Lipinski definition) is 1. The van der Waals surface area contributed by atoms with E-state index in [0.29, 0.717) is 5.56 Å². The Balaban J connectivity index is 3.33. The number of carbonyl (C=O) groups is 1. The standard InChI is InChI=1S/C10H12N2O/c1-7-4-3-5-8(10(11)13)9(7)6-12-2/h3-6H,1-2H3,(H2,11,13)/b12-6-. The van der Waals surface area contributed by atoms with E-state index in [1.807, 2.05) is 19.1 Å². The van der Waals surface area contributed by atoms with Crippen molar-refractivity contribution in [2.45, 2.75) is 6.92 Å². The van der Waals surface area contributed by atoms with Crippen LogP contribution in [0.25, 0.3) is 0 Å². The van der Waals surface area contributed by atoms with Crippen LogP contribution in [-0.4, -0.2) is 19.2 Å². The van der Waals surface area contributed by atoms with Gasteiger partial charge in [0.25, 0.3) is 0 Å². The van der Waals surface area contributed by atoms with Crippen LogP contribution in [-0.2, 0) is 0 Å². The van der Waals surface area contributed by atoms with Crippen LogP contribution >= 0.6 is 0 Å². The molecule has 0 aliphatic carbocycles. The van der Waals surface area contributed by atoms with E-state index in [1.165, 1.54) is 0 Å². The van der Waals surface area contributed by atoms with Crippen LogP contribution in [0.4, 0.5) is 0 Å². The number of nitrogens with zero attached hydrogens (tertiary/aromatic N) is 1. The van der Waals surface area contributed by atoms with Gasteiger partial charge in [-0.1, -0.05) is 12.1 Å². The smallest absolute Gasteiger partial charge is 0.249 e. The zero-order valence-corrected chi connectivity index (χ0v) is 7.74. The van der Waals surface area contributed by atoms with Crippen molar-refractivity contribution in [3.63, 3.8) is 0 Å². The summed E-state index contributed by atoms with van der Waals surface area (Å²) in [4.78, 5) is 14.9. The van der Waals surface area contributed by atoms with Gasteiger partial charge < -0.3 is 5.73 Å². The van der Waals surface area contributed by atoms with Gasteiger partial charge in [-0.05, 0) is 18.6 Å². The maximum absolute atomic E-state index is 11.0. The molecule has 0 radical (unpaired) electrons. The van der Waals surface area contributed by atoms with Crippen molar-refractivity contribution in [3.05, 3.63) is 34.9 Å². The highest BCUT2D eigenvalue weighted by molar-refractivity contribution is 6.02. The topological polar surface area (TPSA) is 55.4 Å². The Morgan fingerprint density at radius 1 is 1.54 bits per heavy atom. The van der Waals surface area contributed by atoms with Crippen LogP contribution in [0.15, 0.2) is 23.2 Å². The van der Waals surface area contributed by atoms with Gasteiger partial charge in [0.15, 0.2) is 0 Å². The third kappa shape index (κ3) is 1.93. The van der Waals surface area contributed by atoms with Crippen LogP contribution < -0.4 is 5.73 Å². The number of hydrogen-bond acceptors (Lipinski definition) is 2. The quantitative estimate of drug-likeness (QED) is 0.675. The van der Waals surface area contributed by atoms with E-state index in [2.05, 4.69) is 4.99 Å². The summed E-state index contributed by atoms with van der Waals surface area (Å²) in [5.41, 5.74) is 7.54. The number of rotatable bonds is 2. The molecule has 2 N–H and O–H groups in total. The van der Waals surface area contributed by atoms with E-state index >= 15 is 0 Å². The molecule has 0 aliphatic heterocycles. The van der Waals surface area contributed by atoms with E-state index in [0.717, 1.165) is 11.1 Å². The summed E-state index contributed by atoms with van der Waals surface area (Å²) in [5.74, 6) is -0.418. The average molecular weight is 176 g/mol. The SMILES string of the molecule is C/N=C\c1c(C)cccc1C(N)=O. The maximum Gasteiger partial charge on any atom is 0.249 e. The molecule has 0 saturated carbocycles. The van der Waals surface area contributed by atoms with Gasteiger partial charge in [-0.2, -0.15) is 0 Å². The Kier molecular flexibility index (Phi) is 2.80. The van der Waals surface area contributed by atoms with Gasteiger partial charge in [0.1, 0.15) is 0 Å². The van der Waals surface area contributed by atoms with Gasteiger partial charge in [-0.25, -0.2) is 0 Å². The zero-order chi connectivity index (χ0) is 9.84. The molecule has 0 saturated heterocycles. The minimum Gasteiger partial charge on any atom is -0.366 e. The van der Waals surface area contributed by atoms with Gasteiger partial charge >= 0.3 is 0 Å². The van der Waals surface area contributed by atoms with Crippen molar-refractivity contribution in [2.24, 2.45) is 10.7 Å². The molecule has 0 spiro atoms. The van der Waals surface area contributed by atoms with Crippen LogP contribution in [0.2, 0.25) is 0 Å². The Bertz CT molecular complexity index is 356. The van der Waals surface area contributed by atoms with E-state index in [-0.39, 0.29) is 0 Å². The molecule has 0 bridgehead atoms. The summed E-state index contributed by atoms with van der Waals surface area (Å²) in [6.45, 7) is 1.92. The summed E-state index contributed by atoms with van der Waals surface area (Å²) in [7, 11) is 1.66. The maximum atomic E-state index is 11.0. The summed E-state index contributed by atoms with van der Waals surface area (Å²) in [5, 5.41) is 0. The molecular formula is C10H12N2O. The summed E-state index contributed by atoms with van der Waals surface area (Å²) in [6, 6.07) is 5.43. The largest absolute Gasteiger partial charge is 0.366 e. The lowest BCUT2D eigenvalue weighted by Gasteiger charge is -2.04. The van der Waals surface area contributed by atoms with Crippen LogP contribution in [0.1, 0.15) is 21.5 Å². The molecule has 0 atom stereocenters. The number of carbonyl (C=O) groups excluding carboxylic acids is 1. The molecule has 0 aromatic heterocycles. The molecule has 0 heterocycles. The summed E-state index contributed by atoms with van der Waals surface area (Å²) in [6.07, 6.45) is 1.65. The lowest BCUT2D eigenvalue weighted by atomic mass is 10.0. The molecule has 0 aliphatic rings. The van der Waals surface area contributed by atoms with Crippen molar-refractivity contribution < 1.29 is 4.79 Å². The van der Waals surface area contributed by atoms with Gasteiger partial charge in [0, 0.05) is 24.4 Å².